The molecule has 0 fully saturated rings. The normalized spacial score (nSPS) is 14.4. The van der Waals surface area contributed by atoms with Crippen molar-refractivity contribution in [1.29, 1.82) is 0 Å². The van der Waals surface area contributed by atoms with Gasteiger partial charge >= 0.3 is 11.9 Å². The van der Waals surface area contributed by atoms with Crippen molar-refractivity contribution in [2.75, 3.05) is 0 Å². The summed E-state index contributed by atoms with van der Waals surface area (Å²) in [6, 6.07) is -1.26. The number of hydroxylamine groups is 1. The number of carboxylic acids is 2. The Morgan fingerprint density at radius 3 is 2.15 bits per heavy atom. The van der Waals surface area contributed by atoms with Gasteiger partial charge in [0.05, 0.1) is 11.5 Å². The molecule has 0 spiro atoms. The number of hydrogen-bond acceptors (Lipinski definition) is 5. The first-order valence-electron chi connectivity index (χ1n) is 6.21. The molecule has 0 radical (unpaired) electrons. The maximum Gasteiger partial charge on any atom is 0.320 e. The molecule has 0 aromatic rings. The largest absolute Gasteiger partial charge is 0.481 e. The fourth-order valence-corrected chi connectivity index (χ4v) is 1.32. The van der Waals surface area contributed by atoms with Crippen LogP contribution in [0.4, 0.5) is 0 Å². The fraction of sp³-hybridized carbons (Fsp3) is 0.750. The minimum absolute atomic E-state index is 0.00432. The molecule has 0 aliphatic rings. The molecule has 8 heteroatoms. The minimum Gasteiger partial charge on any atom is -0.481 e. The van der Waals surface area contributed by atoms with Crippen LogP contribution in [0, 0.1) is 5.92 Å². The van der Waals surface area contributed by atoms with Crippen molar-refractivity contribution in [2.45, 2.75) is 51.7 Å². The predicted molar refractivity (Wildman–Crippen MR) is 69.6 cm³/mol. The molecule has 5 N–H and O–H groups in total. The third-order valence-corrected chi connectivity index (χ3v) is 2.40. The second-order valence-electron chi connectivity index (χ2n) is 5.49. The zero-order valence-corrected chi connectivity index (χ0v) is 11.9. The third kappa shape index (κ3) is 8.44. The van der Waals surface area contributed by atoms with Gasteiger partial charge in [0.25, 0.3) is 0 Å². The molecule has 0 aromatic carbocycles. The van der Waals surface area contributed by atoms with Crippen molar-refractivity contribution < 1.29 is 29.4 Å². The van der Waals surface area contributed by atoms with Crippen molar-refractivity contribution in [3.8, 4) is 0 Å². The molecule has 0 rings (SSSR count). The summed E-state index contributed by atoms with van der Waals surface area (Å²) in [4.78, 5) is 38.1. The Balaban J connectivity index is 4.25. The highest BCUT2D eigenvalue weighted by Crippen LogP contribution is 2.14. The highest BCUT2D eigenvalue weighted by molar-refractivity contribution is 5.77. The van der Waals surface area contributed by atoms with Gasteiger partial charge in [-0.25, -0.2) is 5.48 Å². The lowest BCUT2D eigenvalue weighted by Gasteiger charge is -2.19. The Morgan fingerprint density at radius 2 is 1.75 bits per heavy atom. The molecular weight excluding hydrogens is 268 g/mol. The summed E-state index contributed by atoms with van der Waals surface area (Å²) in [5.74, 6) is -3.89. The molecule has 0 saturated carbocycles. The summed E-state index contributed by atoms with van der Waals surface area (Å²) in [5, 5.41) is 17.6. The molecule has 0 aliphatic heterocycles. The molecule has 116 valence electrons. The van der Waals surface area contributed by atoms with Crippen LogP contribution < -0.4 is 11.2 Å². The number of carboxylic acid groups (broad SMARTS) is 2. The van der Waals surface area contributed by atoms with Crippen LogP contribution in [0.2, 0.25) is 0 Å². The quantitative estimate of drug-likeness (QED) is 0.465. The standard InChI is InChI=1S/C12H22N2O6/c1-12(2,3)20-14-9(15)5-4-7(10(16)17)6-8(13)11(18)19/h7-8H,4-6,13H2,1-3H3,(H,14,15)(H,16,17)(H,18,19)/t7-,8+/m1/s1. The van der Waals surface area contributed by atoms with Gasteiger partial charge in [0.1, 0.15) is 6.04 Å². The van der Waals surface area contributed by atoms with Crippen molar-refractivity contribution in [2.24, 2.45) is 11.7 Å². The average Bonchev–Trinajstić information content (AvgIpc) is 2.29. The summed E-state index contributed by atoms with van der Waals surface area (Å²) in [5.41, 5.74) is 6.95. The number of hydrogen-bond donors (Lipinski definition) is 4. The Bertz CT molecular complexity index is 363. The van der Waals surface area contributed by atoms with Crippen molar-refractivity contribution in [3.63, 3.8) is 0 Å². The maximum absolute atomic E-state index is 11.5. The molecule has 8 nitrogen and oxygen atoms in total. The lowest BCUT2D eigenvalue weighted by Crippen LogP contribution is -2.36. The van der Waals surface area contributed by atoms with E-state index in [1.54, 1.807) is 20.8 Å². The lowest BCUT2D eigenvalue weighted by atomic mass is 9.95. The van der Waals surface area contributed by atoms with E-state index in [9.17, 15) is 14.4 Å². The Morgan fingerprint density at radius 1 is 1.20 bits per heavy atom. The van der Waals surface area contributed by atoms with Gasteiger partial charge in [-0.1, -0.05) is 0 Å². The average molecular weight is 290 g/mol. The number of carbonyl (C=O) groups excluding carboxylic acids is 1. The van der Waals surface area contributed by atoms with E-state index in [2.05, 4.69) is 5.48 Å². The Labute approximate surface area is 117 Å². The van der Waals surface area contributed by atoms with Gasteiger partial charge in [-0.3, -0.25) is 19.2 Å². The number of amides is 1. The summed E-state index contributed by atoms with van der Waals surface area (Å²) < 4.78 is 0. The van der Waals surface area contributed by atoms with E-state index in [4.69, 9.17) is 20.8 Å². The number of aliphatic carboxylic acids is 2. The number of carbonyl (C=O) groups is 3. The molecule has 0 bridgehead atoms. The Kier molecular flexibility index (Phi) is 7.16. The van der Waals surface area contributed by atoms with E-state index in [1.807, 2.05) is 0 Å². The molecule has 0 aliphatic carbocycles. The minimum atomic E-state index is -1.27. The molecule has 1 amide bonds. The molecule has 0 aromatic heterocycles. The molecule has 0 unspecified atom stereocenters. The molecule has 2 atom stereocenters. The van der Waals surface area contributed by atoms with Gasteiger partial charge in [0.2, 0.25) is 5.91 Å². The smallest absolute Gasteiger partial charge is 0.320 e. The van der Waals surface area contributed by atoms with Gasteiger partial charge < -0.3 is 15.9 Å². The van der Waals surface area contributed by atoms with E-state index in [0.717, 1.165) is 0 Å². The SMILES string of the molecule is CC(C)(C)ONC(=O)CC[C@H](C[C@H](N)C(=O)O)C(=O)O. The van der Waals surface area contributed by atoms with Crippen LogP contribution in [0.5, 0.6) is 0 Å². The summed E-state index contributed by atoms with van der Waals surface area (Å²) in [7, 11) is 0. The van der Waals surface area contributed by atoms with Crippen LogP contribution in [-0.2, 0) is 19.2 Å². The second kappa shape index (κ2) is 7.81. The molecule has 0 saturated heterocycles. The predicted octanol–water partition coefficient (Wildman–Crippen LogP) is 0.116. The van der Waals surface area contributed by atoms with Gasteiger partial charge in [0.15, 0.2) is 0 Å². The van der Waals surface area contributed by atoms with E-state index in [1.165, 1.54) is 0 Å². The summed E-state index contributed by atoms with van der Waals surface area (Å²) >= 11 is 0. The molecular formula is C12H22N2O6. The van der Waals surface area contributed by atoms with Gasteiger partial charge in [-0.15, -0.1) is 0 Å². The number of rotatable bonds is 8. The molecule has 0 heterocycles. The topological polar surface area (TPSA) is 139 Å². The summed E-state index contributed by atoms with van der Waals surface area (Å²) in [6.07, 6.45) is -0.312. The van der Waals surface area contributed by atoms with Crippen molar-refractivity contribution >= 4 is 17.8 Å². The van der Waals surface area contributed by atoms with Gasteiger partial charge in [-0.2, -0.15) is 0 Å². The van der Waals surface area contributed by atoms with E-state index >= 15 is 0 Å². The van der Waals surface area contributed by atoms with Crippen LogP contribution in [-0.4, -0.2) is 39.7 Å². The lowest BCUT2D eigenvalue weighted by molar-refractivity contribution is -0.147. The van der Waals surface area contributed by atoms with E-state index < -0.39 is 35.4 Å². The van der Waals surface area contributed by atoms with E-state index in [-0.39, 0.29) is 19.3 Å². The first kappa shape index (κ1) is 18.3. The zero-order valence-electron chi connectivity index (χ0n) is 11.9. The summed E-state index contributed by atoms with van der Waals surface area (Å²) in [6.45, 7) is 5.25. The maximum atomic E-state index is 11.5. The monoisotopic (exact) mass is 290 g/mol. The Hall–Kier alpha value is -1.67. The van der Waals surface area contributed by atoms with Crippen molar-refractivity contribution in [3.05, 3.63) is 0 Å². The first-order valence-corrected chi connectivity index (χ1v) is 6.21. The molecule has 20 heavy (non-hydrogen) atoms. The fourth-order valence-electron chi connectivity index (χ4n) is 1.32. The first-order chi connectivity index (χ1) is 9.03. The van der Waals surface area contributed by atoms with E-state index in [0.29, 0.717) is 0 Å². The van der Waals surface area contributed by atoms with Crippen molar-refractivity contribution in [1.82, 2.24) is 5.48 Å². The number of nitrogens with two attached hydrogens (primary N) is 1. The van der Waals surface area contributed by atoms with Gasteiger partial charge in [0, 0.05) is 6.42 Å². The van der Waals surface area contributed by atoms with Crippen LogP contribution in [0.3, 0.4) is 0 Å². The highest BCUT2D eigenvalue weighted by Gasteiger charge is 2.25. The number of nitrogens with one attached hydrogen (secondary N) is 1. The van der Waals surface area contributed by atoms with Gasteiger partial charge in [-0.05, 0) is 33.6 Å². The zero-order chi connectivity index (χ0) is 15.9. The van der Waals surface area contributed by atoms with Crippen LogP contribution >= 0.6 is 0 Å². The van der Waals surface area contributed by atoms with Crippen LogP contribution in [0.15, 0.2) is 0 Å². The van der Waals surface area contributed by atoms with Crippen LogP contribution in [0.1, 0.15) is 40.0 Å². The third-order valence-electron chi connectivity index (χ3n) is 2.40. The highest BCUT2D eigenvalue weighted by atomic mass is 16.7. The second-order valence-corrected chi connectivity index (χ2v) is 5.49. The van der Waals surface area contributed by atoms with Crippen LogP contribution in [0.25, 0.3) is 0 Å².